The summed E-state index contributed by atoms with van der Waals surface area (Å²) >= 11 is 0. The first-order valence-corrected chi connectivity index (χ1v) is 18.4. The number of benzene rings is 4. The third kappa shape index (κ3) is 8.57. The number of aromatic nitrogens is 4. The fraction of sp³-hybridized carbons (Fsp3) is 0.318. The van der Waals surface area contributed by atoms with Gasteiger partial charge in [-0.05, 0) is 85.9 Å². The van der Waals surface area contributed by atoms with E-state index in [1.807, 2.05) is 79.7 Å². The normalized spacial score (nSPS) is 13.4. The number of nitrogens with zero attached hydrogens (tertiary/aromatic N) is 3. The highest BCUT2D eigenvalue weighted by Crippen LogP contribution is 2.32. The van der Waals surface area contributed by atoms with Gasteiger partial charge in [0.2, 0.25) is 0 Å². The highest BCUT2D eigenvalue weighted by molar-refractivity contribution is 5.80. The van der Waals surface area contributed by atoms with Gasteiger partial charge in [-0.3, -0.25) is 18.9 Å². The van der Waals surface area contributed by atoms with Crippen LogP contribution in [-0.2, 0) is 18.4 Å². The van der Waals surface area contributed by atoms with Crippen molar-refractivity contribution < 1.29 is 9.63 Å². The minimum Gasteiger partial charge on any atom is -0.386 e. The zero-order valence-electron chi connectivity index (χ0n) is 30.6. The molecule has 1 fully saturated rings. The van der Waals surface area contributed by atoms with Crippen molar-refractivity contribution in [2.45, 2.75) is 90.6 Å². The Bertz CT molecular complexity index is 2190. The zero-order chi connectivity index (χ0) is 36.7. The summed E-state index contributed by atoms with van der Waals surface area (Å²) in [5, 5.41) is 14.2. The summed E-state index contributed by atoms with van der Waals surface area (Å²) in [6.45, 7) is 7.40. The van der Waals surface area contributed by atoms with E-state index in [2.05, 4.69) is 47.4 Å². The minimum atomic E-state index is -0.966. The Morgan fingerprint density at radius 3 is 2.12 bits per heavy atom. The molecule has 1 aliphatic rings. The standard InChI is InChI=1S/C32H32N4O4.C12H16/c1-5-8-28-27(30(37)36(20(2)33-28)24-17-15-23(16-18-24)32(3,4)39)19-21-11-13-22(14-12-21)25-9-6-7-10-26(25)29-34-31(38)40-35-29;1-3-7-11(8-4-1)12-9-5-2-6-10-12/h6-7,9-18,39H,5,8,19H2,1-4H3,(H,34,35,38);1,3-4,7-8,12H,2,5-6,9-10H2. The molecule has 2 aromatic heterocycles. The van der Waals surface area contributed by atoms with Crippen LogP contribution < -0.4 is 11.3 Å². The average molecular weight is 697 g/mol. The Labute approximate surface area is 305 Å². The molecule has 1 aliphatic carbocycles. The van der Waals surface area contributed by atoms with Crippen LogP contribution in [0.2, 0.25) is 0 Å². The van der Waals surface area contributed by atoms with E-state index in [-0.39, 0.29) is 5.56 Å². The van der Waals surface area contributed by atoms with Gasteiger partial charge in [0.15, 0.2) is 5.82 Å². The molecule has 2 heterocycles. The van der Waals surface area contributed by atoms with Crippen LogP contribution in [-0.4, -0.2) is 24.8 Å². The van der Waals surface area contributed by atoms with E-state index in [1.54, 1.807) is 24.0 Å². The third-order valence-electron chi connectivity index (χ3n) is 9.89. The Morgan fingerprint density at radius 2 is 1.50 bits per heavy atom. The summed E-state index contributed by atoms with van der Waals surface area (Å²) in [6.07, 6.45) is 9.16. The van der Waals surface area contributed by atoms with Crippen LogP contribution in [0.4, 0.5) is 0 Å². The number of rotatable bonds is 9. The van der Waals surface area contributed by atoms with Crippen molar-refractivity contribution in [3.05, 3.63) is 158 Å². The number of hydrogen-bond acceptors (Lipinski definition) is 6. The summed E-state index contributed by atoms with van der Waals surface area (Å²) in [5.74, 6) is 1.26. The second kappa shape index (κ2) is 16.3. The number of nitrogens with one attached hydrogen (secondary N) is 1. The zero-order valence-corrected chi connectivity index (χ0v) is 30.6. The van der Waals surface area contributed by atoms with E-state index in [4.69, 9.17) is 9.51 Å². The predicted octanol–water partition coefficient (Wildman–Crippen LogP) is 9.06. The third-order valence-corrected chi connectivity index (χ3v) is 9.89. The Kier molecular flexibility index (Phi) is 11.5. The number of aromatic amines is 1. The van der Waals surface area contributed by atoms with Gasteiger partial charge in [-0.25, -0.2) is 9.78 Å². The van der Waals surface area contributed by atoms with E-state index >= 15 is 0 Å². The van der Waals surface area contributed by atoms with Gasteiger partial charge in [-0.1, -0.05) is 129 Å². The predicted molar refractivity (Wildman–Crippen MR) is 207 cm³/mol. The first-order valence-electron chi connectivity index (χ1n) is 18.4. The van der Waals surface area contributed by atoms with Gasteiger partial charge in [0.05, 0.1) is 17.0 Å². The molecule has 7 rings (SSSR count). The first-order chi connectivity index (χ1) is 25.1. The van der Waals surface area contributed by atoms with E-state index in [0.717, 1.165) is 45.8 Å². The quantitative estimate of drug-likeness (QED) is 0.156. The fourth-order valence-electron chi connectivity index (χ4n) is 7.12. The molecule has 0 atom stereocenters. The molecule has 0 spiro atoms. The second-order valence-corrected chi connectivity index (χ2v) is 14.2. The van der Waals surface area contributed by atoms with E-state index in [1.165, 1.54) is 32.1 Å². The van der Waals surface area contributed by atoms with Gasteiger partial charge in [0.25, 0.3) is 5.56 Å². The van der Waals surface area contributed by atoms with Crippen molar-refractivity contribution in [1.29, 1.82) is 0 Å². The van der Waals surface area contributed by atoms with Crippen molar-refractivity contribution >= 4 is 0 Å². The van der Waals surface area contributed by atoms with E-state index in [0.29, 0.717) is 35.7 Å². The molecule has 0 saturated heterocycles. The van der Waals surface area contributed by atoms with Gasteiger partial charge in [0, 0.05) is 17.5 Å². The molecule has 0 unspecified atom stereocenters. The van der Waals surface area contributed by atoms with Crippen molar-refractivity contribution in [3.8, 4) is 28.2 Å². The molecule has 8 heteroatoms. The highest BCUT2D eigenvalue weighted by atomic mass is 16.5. The largest absolute Gasteiger partial charge is 0.439 e. The molecule has 6 aromatic rings. The maximum atomic E-state index is 13.9. The number of hydrogen-bond donors (Lipinski definition) is 2. The van der Waals surface area contributed by atoms with Crippen molar-refractivity contribution in [1.82, 2.24) is 19.7 Å². The molecular weight excluding hydrogens is 649 g/mol. The lowest BCUT2D eigenvalue weighted by atomic mass is 9.84. The van der Waals surface area contributed by atoms with Crippen LogP contribution in [0.15, 0.2) is 117 Å². The van der Waals surface area contributed by atoms with Gasteiger partial charge in [0.1, 0.15) is 5.82 Å². The summed E-state index contributed by atoms with van der Waals surface area (Å²) in [6, 6.07) is 34.0. The molecule has 0 aliphatic heterocycles. The molecule has 8 nitrogen and oxygen atoms in total. The summed E-state index contributed by atoms with van der Waals surface area (Å²) in [7, 11) is 0. The van der Waals surface area contributed by atoms with E-state index < -0.39 is 11.4 Å². The Morgan fingerprint density at radius 1 is 0.846 bits per heavy atom. The maximum absolute atomic E-state index is 13.9. The molecule has 0 amide bonds. The molecule has 2 N–H and O–H groups in total. The van der Waals surface area contributed by atoms with Crippen LogP contribution in [0.3, 0.4) is 0 Å². The summed E-state index contributed by atoms with van der Waals surface area (Å²) < 4.78 is 6.34. The number of aliphatic hydroxyl groups is 1. The molecule has 1 saturated carbocycles. The highest BCUT2D eigenvalue weighted by Gasteiger charge is 2.19. The van der Waals surface area contributed by atoms with Crippen LogP contribution in [0.1, 0.15) is 99.0 Å². The van der Waals surface area contributed by atoms with Gasteiger partial charge >= 0.3 is 5.76 Å². The lowest BCUT2D eigenvalue weighted by molar-refractivity contribution is 0.0786. The lowest BCUT2D eigenvalue weighted by Gasteiger charge is -2.21. The molecule has 0 radical (unpaired) electrons. The van der Waals surface area contributed by atoms with Crippen molar-refractivity contribution in [2.24, 2.45) is 0 Å². The monoisotopic (exact) mass is 696 g/mol. The van der Waals surface area contributed by atoms with Gasteiger partial charge < -0.3 is 5.11 Å². The first kappa shape index (κ1) is 36.5. The maximum Gasteiger partial charge on any atom is 0.439 e. The van der Waals surface area contributed by atoms with Crippen LogP contribution in [0.25, 0.3) is 28.2 Å². The minimum absolute atomic E-state index is 0.0867. The fourth-order valence-corrected chi connectivity index (χ4v) is 7.12. The Hall–Kier alpha value is -5.34. The second-order valence-electron chi connectivity index (χ2n) is 14.2. The van der Waals surface area contributed by atoms with Gasteiger partial charge in [-0.15, -0.1) is 0 Å². The van der Waals surface area contributed by atoms with E-state index in [9.17, 15) is 14.7 Å². The van der Waals surface area contributed by atoms with Gasteiger partial charge in [-0.2, -0.15) is 0 Å². The topological polar surface area (TPSA) is 114 Å². The number of aryl methyl sites for hydroxylation is 2. The van der Waals surface area contributed by atoms with Crippen LogP contribution >= 0.6 is 0 Å². The molecule has 0 bridgehead atoms. The lowest BCUT2D eigenvalue weighted by Crippen LogP contribution is -2.28. The molecular formula is C44H48N4O4. The van der Waals surface area contributed by atoms with Crippen LogP contribution in [0.5, 0.6) is 0 Å². The molecule has 4 aromatic carbocycles. The van der Waals surface area contributed by atoms with Crippen molar-refractivity contribution in [3.63, 3.8) is 0 Å². The Balaban J connectivity index is 0.000000325. The smallest absolute Gasteiger partial charge is 0.386 e. The summed E-state index contributed by atoms with van der Waals surface area (Å²) in [5.41, 5.74) is 7.07. The average Bonchev–Trinajstić information content (AvgIpc) is 3.60. The van der Waals surface area contributed by atoms with Crippen molar-refractivity contribution in [2.75, 3.05) is 0 Å². The summed E-state index contributed by atoms with van der Waals surface area (Å²) in [4.78, 5) is 32.9. The SMILES string of the molecule is CCCc1nc(C)n(-c2ccc(C(C)(C)O)cc2)c(=O)c1Cc1ccc(-c2ccccc2-c2noc(=O)[nH]2)cc1.c1ccc(C2CCCCC2)cc1. The molecule has 268 valence electrons. The van der Waals surface area contributed by atoms with Crippen LogP contribution in [0, 0.1) is 6.92 Å². The molecule has 52 heavy (non-hydrogen) atoms. The number of H-pyrrole nitrogens is 1.